The van der Waals surface area contributed by atoms with E-state index in [2.05, 4.69) is 4.98 Å². The zero-order valence-electron chi connectivity index (χ0n) is 13.7. The molecule has 1 aliphatic rings. The topological polar surface area (TPSA) is 63.4 Å². The highest BCUT2D eigenvalue weighted by molar-refractivity contribution is 6.03. The quantitative estimate of drug-likeness (QED) is 0.791. The Morgan fingerprint density at radius 1 is 1.29 bits per heavy atom. The van der Waals surface area contributed by atoms with E-state index in [4.69, 9.17) is 4.42 Å². The molecule has 0 bridgehead atoms. The third kappa shape index (κ3) is 3.37. The summed E-state index contributed by atoms with van der Waals surface area (Å²) < 4.78 is 18.5. The summed E-state index contributed by atoms with van der Waals surface area (Å²) in [5.74, 6) is 0.101. The first-order chi connectivity index (χ1) is 11.4. The summed E-state index contributed by atoms with van der Waals surface area (Å²) >= 11 is 0. The maximum absolute atomic E-state index is 13.0. The molecule has 1 fully saturated rings. The van der Waals surface area contributed by atoms with Crippen molar-refractivity contribution < 1.29 is 18.4 Å². The van der Waals surface area contributed by atoms with Crippen molar-refractivity contribution in [3.05, 3.63) is 53.5 Å². The van der Waals surface area contributed by atoms with E-state index in [0.29, 0.717) is 12.3 Å². The number of hydrogen-bond acceptors (Lipinski definition) is 4. The first-order valence-electron chi connectivity index (χ1n) is 7.97. The van der Waals surface area contributed by atoms with Gasteiger partial charge in [0.05, 0.1) is 12.1 Å². The lowest BCUT2D eigenvalue weighted by molar-refractivity contribution is -0.140. The molecule has 0 radical (unpaired) electrons. The van der Waals surface area contributed by atoms with Gasteiger partial charge in [0, 0.05) is 12.3 Å². The van der Waals surface area contributed by atoms with E-state index in [-0.39, 0.29) is 36.5 Å². The molecular formula is C18H19FN2O3. The summed E-state index contributed by atoms with van der Waals surface area (Å²) in [6.07, 6.45) is 2.21. The number of rotatable bonds is 5. The maximum atomic E-state index is 13.0. The molecule has 24 heavy (non-hydrogen) atoms. The number of amides is 2. The van der Waals surface area contributed by atoms with Crippen LogP contribution < -0.4 is 0 Å². The van der Waals surface area contributed by atoms with Crippen LogP contribution in [0.2, 0.25) is 0 Å². The van der Waals surface area contributed by atoms with Crippen molar-refractivity contribution in [3.63, 3.8) is 0 Å². The van der Waals surface area contributed by atoms with Gasteiger partial charge in [0.15, 0.2) is 0 Å². The second-order valence-electron chi connectivity index (χ2n) is 6.36. The lowest BCUT2D eigenvalue weighted by Crippen LogP contribution is -2.30. The van der Waals surface area contributed by atoms with E-state index in [1.54, 1.807) is 18.3 Å². The third-order valence-electron chi connectivity index (χ3n) is 4.17. The lowest BCUT2D eigenvalue weighted by Gasteiger charge is -2.13. The standard InChI is InChI=1S/C18H19FN2O3/c1-11(2)15-9-20-16(24-15)10-21-17(22)8-13(18(21)23)7-12-3-5-14(19)6-4-12/h3-6,9,11,13H,7-8,10H2,1-2H3/t13-/m1/s1. The molecule has 1 saturated heterocycles. The molecule has 0 saturated carbocycles. The van der Waals surface area contributed by atoms with Gasteiger partial charge in [0.25, 0.3) is 0 Å². The van der Waals surface area contributed by atoms with Crippen LogP contribution in [-0.4, -0.2) is 21.7 Å². The lowest BCUT2D eigenvalue weighted by atomic mass is 9.98. The zero-order chi connectivity index (χ0) is 17.3. The van der Waals surface area contributed by atoms with Gasteiger partial charge < -0.3 is 4.42 Å². The number of aromatic nitrogens is 1. The van der Waals surface area contributed by atoms with E-state index in [1.165, 1.54) is 17.0 Å². The van der Waals surface area contributed by atoms with E-state index in [1.807, 2.05) is 13.8 Å². The predicted molar refractivity (Wildman–Crippen MR) is 84.4 cm³/mol. The van der Waals surface area contributed by atoms with Gasteiger partial charge in [-0.2, -0.15) is 0 Å². The first kappa shape index (κ1) is 16.4. The van der Waals surface area contributed by atoms with Crippen LogP contribution in [0.4, 0.5) is 4.39 Å². The molecule has 0 unspecified atom stereocenters. The normalized spacial score (nSPS) is 18.0. The van der Waals surface area contributed by atoms with Crippen molar-refractivity contribution >= 4 is 11.8 Å². The van der Waals surface area contributed by atoms with Crippen molar-refractivity contribution in [2.24, 2.45) is 5.92 Å². The fourth-order valence-corrected chi connectivity index (χ4v) is 2.78. The summed E-state index contributed by atoms with van der Waals surface area (Å²) in [4.78, 5) is 30.0. The number of likely N-dealkylation sites (tertiary alicyclic amines) is 1. The van der Waals surface area contributed by atoms with Crippen molar-refractivity contribution in [1.82, 2.24) is 9.88 Å². The maximum Gasteiger partial charge on any atom is 0.233 e. The summed E-state index contributed by atoms with van der Waals surface area (Å²) in [5.41, 5.74) is 0.836. The van der Waals surface area contributed by atoms with Gasteiger partial charge in [0.1, 0.15) is 18.1 Å². The Bertz CT molecular complexity index is 752. The fraction of sp³-hybridized carbons (Fsp3) is 0.389. The van der Waals surface area contributed by atoms with Crippen LogP contribution in [0.1, 0.15) is 43.4 Å². The Labute approximate surface area is 139 Å². The second kappa shape index (κ2) is 6.55. The van der Waals surface area contributed by atoms with E-state index in [0.717, 1.165) is 11.3 Å². The minimum Gasteiger partial charge on any atom is -0.443 e. The molecular weight excluding hydrogens is 311 g/mol. The second-order valence-corrected chi connectivity index (χ2v) is 6.36. The Morgan fingerprint density at radius 2 is 2.00 bits per heavy atom. The molecule has 0 N–H and O–H groups in total. The molecule has 0 aliphatic carbocycles. The molecule has 5 nitrogen and oxygen atoms in total. The number of nitrogens with zero attached hydrogens (tertiary/aromatic N) is 2. The molecule has 1 aromatic carbocycles. The van der Waals surface area contributed by atoms with Crippen LogP contribution >= 0.6 is 0 Å². The average molecular weight is 330 g/mol. The minimum absolute atomic E-state index is 0.0598. The molecule has 2 aromatic rings. The van der Waals surface area contributed by atoms with Crippen molar-refractivity contribution in [2.75, 3.05) is 0 Å². The number of imide groups is 1. The van der Waals surface area contributed by atoms with Crippen LogP contribution in [-0.2, 0) is 22.6 Å². The van der Waals surface area contributed by atoms with Gasteiger partial charge in [0.2, 0.25) is 17.7 Å². The molecule has 2 amide bonds. The van der Waals surface area contributed by atoms with Gasteiger partial charge in [-0.25, -0.2) is 9.37 Å². The Balaban J connectivity index is 1.68. The number of halogens is 1. The molecule has 0 spiro atoms. The van der Waals surface area contributed by atoms with Crippen LogP contribution in [0.25, 0.3) is 0 Å². The summed E-state index contributed by atoms with van der Waals surface area (Å²) in [7, 11) is 0. The zero-order valence-corrected chi connectivity index (χ0v) is 13.7. The molecule has 6 heteroatoms. The highest BCUT2D eigenvalue weighted by Gasteiger charge is 2.39. The van der Waals surface area contributed by atoms with E-state index < -0.39 is 5.92 Å². The number of carbonyl (C=O) groups excluding carboxylic acids is 2. The Kier molecular flexibility index (Phi) is 4.46. The van der Waals surface area contributed by atoms with E-state index >= 15 is 0 Å². The van der Waals surface area contributed by atoms with Crippen LogP contribution in [0.5, 0.6) is 0 Å². The predicted octanol–water partition coefficient (Wildman–Crippen LogP) is 3.05. The number of oxazole rings is 1. The SMILES string of the molecule is CC(C)c1cnc(CN2C(=O)C[C@@H](Cc3ccc(F)cc3)C2=O)o1. The largest absolute Gasteiger partial charge is 0.443 e. The Morgan fingerprint density at radius 3 is 2.62 bits per heavy atom. The minimum atomic E-state index is -0.414. The number of hydrogen-bond donors (Lipinski definition) is 0. The Hall–Kier alpha value is -2.50. The number of carbonyl (C=O) groups is 2. The first-order valence-corrected chi connectivity index (χ1v) is 7.97. The number of benzene rings is 1. The van der Waals surface area contributed by atoms with Crippen molar-refractivity contribution in [1.29, 1.82) is 0 Å². The van der Waals surface area contributed by atoms with Crippen molar-refractivity contribution in [3.8, 4) is 0 Å². The monoisotopic (exact) mass is 330 g/mol. The van der Waals surface area contributed by atoms with Crippen LogP contribution in [0.15, 0.2) is 34.9 Å². The summed E-state index contributed by atoms with van der Waals surface area (Å²) in [5, 5.41) is 0. The smallest absolute Gasteiger partial charge is 0.233 e. The third-order valence-corrected chi connectivity index (χ3v) is 4.17. The van der Waals surface area contributed by atoms with Gasteiger partial charge in [-0.05, 0) is 24.1 Å². The highest BCUT2D eigenvalue weighted by Crippen LogP contribution is 2.26. The molecule has 126 valence electrons. The van der Waals surface area contributed by atoms with Gasteiger partial charge in [-0.1, -0.05) is 26.0 Å². The van der Waals surface area contributed by atoms with Gasteiger partial charge in [-0.3, -0.25) is 14.5 Å². The van der Waals surface area contributed by atoms with Crippen LogP contribution in [0.3, 0.4) is 0 Å². The molecule has 1 aromatic heterocycles. The fourth-order valence-electron chi connectivity index (χ4n) is 2.78. The average Bonchev–Trinajstić information content (AvgIpc) is 3.11. The van der Waals surface area contributed by atoms with E-state index in [9.17, 15) is 14.0 Å². The molecule has 3 rings (SSSR count). The highest BCUT2D eigenvalue weighted by atomic mass is 19.1. The van der Waals surface area contributed by atoms with Gasteiger partial charge >= 0.3 is 0 Å². The van der Waals surface area contributed by atoms with Crippen molar-refractivity contribution in [2.45, 2.75) is 39.2 Å². The van der Waals surface area contributed by atoms with Crippen LogP contribution in [0, 0.1) is 11.7 Å². The summed E-state index contributed by atoms with van der Waals surface area (Å²) in [6, 6.07) is 5.99. The molecule has 2 heterocycles. The van der Waals surface area contributed by atoms with Gasteiger partial charge in [-0.15, -0.1) is 0 Å². The molecule has 1 atom stereocenters. The summed E-state index contributed by atoms with van der Waals surface area (Å²) in [6.45, 7) is 4.02. The molecule has 1 aliphatic heterocycles.